The maximum absolute atomic E-state index is 4.27. The summed E-state index contributed by atoms with van der Waals surface area (Å²) in [7, 11) is 0. The Morgan fingerprint density at radius 1 is 1.42 bits per heavy atom. The molecule has 2 rings (SSSR count). The van der Waals surface area contributed by atoms with Gasteiger partial charge in [0.25, 0.3) is 0 Å². The molecule has 0 fully saturated rings. The maximum atomic E-state index is 4.27. The molecule has 0 saturated carbocycles. The van der Waals surface area contributed by atoms with Gasteiger partial charge in [-0.1, -0.05) is 12.1 Å². The summed E-state index contributed by atoms with van der Waals surface area (Å²) in [5, 5.41) is 3.15. The molecule has 0 aliphatic carbocycles. The smallest absolute Gasteiger partial charge is 0.0490 e. The predicted molar refractivity (Wildman–Crippen MR) is 51.4 cm³/mol. The number of hydrogen-bond acceptors (Lipinski definition) is 2. The zero-order chi connectivity index (χ0) is 7.52. The summed E-state index contributed by atoms with van der Waals surface area (Å²) < 4.78 is 0. The second-order valence-corrected chi connectivity index (χ2v) is 2.63. The number of aromatic nitrogens is 1. The van der Waals surface area contributed by atoms with E-state index < -0.39 is 0 Å². The molecule has 64 valence electrons. The summed E-state index contributed by atoms with van der Waals surface area (Å²) in [6.45, 7) is 0.983. The normalized spacial score (nSPS) is 19.8. The van der Waals surface area contributed by atoms with Crippen LogP contribution in [0.1, 0.15) is 11.6 Å². The highest BCUT2D eigenvalue weighted by atomic mass is 35.5. The Kier molecular flexibility index (Phi) is 3.11. The molecule has 0 spiro atoms. The van der Waals surface area contributed by atoms with Crippen molar-refractivity contribution in [1.29, 1.82) is 0 Å². The summed E-state index contributed by atoms with van der Waals surface area (Å²) in [5.41, 5.74) is 1.15. The van der Waals surface area contributed by atoms with E-state index >= 15 is 0 Å². The van der Waals surface area contributed by atoms with Gasteiger partial charge in [0.15, 0.2) is 0 Å². The first-order valence-corrected chi connectivity index (χ1v) is 3.78. The van der Waals surface area contributed by atoms with Crippen molar-refractivity contribution in [3.8, 4) is 0 Å². The van der Waals surface area contributed by atoms with Crippen molar-refractivity contribution in [2.75, 3.05) is 6.54 Å². The van der Waals surface area contributed by atoms with Gasteiger partial charge in [-0.05, 0) is 18.3 Å². The van der Waals surface area contributed by atoms with E-state index in [1.807, 2.05) is 24.5 Å². The lowest BCUT2D eigenvalue weighted by Crippen LogP contribution is -2.08. The molecule has 1 aliphatic rings. The van der Waals surface area contributed by atoms with Gasteiger partial charge in [-0.3, -0.25) is 4.98 Å². The van der Waals surface area contributed by atoms with Gasteiger partial charge in [0.1, 0.15) is 0 Å². The molecule has 2 heterocycles. The zero-order valence-electron chi connectivity index (χ0n) is 6.60. The summed E-state index contributed by atoms with van der Waals surface area (Å²) in [5.74, 6) is 0.469. The molecule has 1 unspecified atom stereocenters. The fraction of sp³-hybridized carbons (Fsp3) is 0.222. The van der Waals surface area contributed by atoms with Crippen LogP contribution >= 0.6 is 12.4 Å². The molecule has 1 atom stereocenters. The minimum absolute atomic E-state index is 0. The van der Waals surface area contributed by atoms with Gasteiger partial charge in [0, 0.05) is 24.4 Å². The minimum Gasteiger partial charge on any atom is -0.390 e. The molecule has 3 heteroatoms. The van der Waals surface area contributed by atoms with Crippen LogP contribution in [0.25, 0.3) is 0 Å². The fourth-order valence-corrected chi connectivity index (χ4v) is 1.25. The molecule has 0 radical (unpaired) electrons. The number of nitrogens with one attached hydrogen (secondary N) is 1. The molecule has 0 saturated heterocycles. The molecule has 1 N–H and O–H groups in total. The van der Waals surface area contributed by atoms with Crippen molar-refractivity contribution >= 4 is 12.4 Å². The number of rotatable bonds is 1. The van der Waals surface area contributed by atoms with Gasteiger partial charge in [-0.25, -0.2) is 0 Å². The van der Waals surface area contributed by atoms with E-state index in [4.69, 9.17) is 0 Å². The van der Waals surface area contributed by atoms with Crippen molar-refractivity contribution in [1.82, 2.24) is 10.3 Å². The molecular formula is C9H11ClN2. The van der Waals surface area contributed by atoms with Crippen LogP contribution in [-0.4, -0.2) is 11.5 Å². The predicted octanol–water partition coefficient (Wildman–Crippen LogP) is 1.70. The van der Waals surface area contributed by atoms with Crippen LogP contribution in [0.15, 0.2) is 36.7 Å². The lowest BCUT2D eigenvalue weighted by Gasteiger charge is -2.04. The number of hydrogen-bond donors (Lipinski definition) is 1. The summed E-state index contributed by atoms with van der Waals surface area (Å²) in [6, 6.07) is 6.02. The lowest BCUT2D eigenvalue weighted by molar-refractivity contribution is 0.788. The number of nitrogens with zero attached hydrogens (tertiary/aromatic N) is 1. The Morgan fingerprint density at radius 2 is 2.33 bits per heavy atom. The third kappa shape index (κ3) is 1.77. The standard InChI is InChI=1S/C9H10N2.ClH/c1-2-5-11-9(3-1)8-4-6-10-7-8;/h1-6,8,10H,7H2;1H. The molecule has 0 amide bonds. The first-order chi connectivity index (χ1) is 5.47. The van der Waals surface area contributed by atoms with Crippen LogP contribution in [0.5, 0.6) is 0 Å². The van der Waals surface area contributed by atoms with E-state index in [1.165, 1.54) is 0 Å². The maximum Gasteiger partial charge on any atom is 0.0490 e. The van der Waals surface area contributed by atoms with Crippen LogP contribution in [-0.2, 0) is 0 Å². The Morgan fingerprint density at radius 3 is 2.92 bits per heavy atom. The van der Waals surface area contributed by atoms with E-state index in [9.17, 15) is 0 Å². The molecule has 0 bridgehead atoms. The summed E-state index contributed by atoms with van der Waals surface area (Å²) in [4.78, 5) is 4.27. The topological polar surface area (TPSA) is 24.9 Å². The molecule has 12 heavy (non-hydrogen) atoms. The Balaban J connectivity index is 0.000000720. The van der Waals surface area contributed by atoms with Crippen molar-refractivity contribution in [3.63, 3.8) is 0 Å². The summed E-state index contributed by atoms with van der Waals surface area (Å²) >= 11 is 0. The van der Waals surface area contributed by atoms with E-state index in [1.54, 1.807) is 0 Å². The molecule has 1 aliphatic heterocycles. The Hall–Kier alpha value is -1.02. The SMILES string of the molecule is C1=CC(c2ccccn2)CN1.Cl. The van der Waals surface area contributed by atoms with Gasteiger partial charge < -0.3 is 5.32 Å². The third-order valence-electron chi connectivity index (χ3n) is 1.85. The second-order valence-electron chi connectivity index (χ2n) is 2.63. The summed E-state index contributed by atoms with van der Waals surface area (Å²) in [6.07, 6.45) is 5.96. The van der Waals surface area contributed by atoms with E-state index in [0.717, 1.165) is 12.2 Å². The van der Waals surface area contributed by atoms with Crippen molar-refractivity contribution < 1.29 is 0 Å². The highest BCUT2D eigenvalue weighted by molar-refractivity contribution is 5.85. The monoisotopic (exact) mass is 182 g/mol. The first kappa shape index (κ1) is 9.07. The van der Waals surface area contributed by atoms with Crippen molar-refractivity contribution in [3.05, 3.63) is 42.4 Å². The van der Waals surface area contributed by atoms with E-state index in [0.29, 0.717) is 5.92 Å². The van der Waals surface area contributed by atoms with Crippen LogP contribution in [0.2, 0.25) is 0 Å². The van der Waals surface area contributed by atoms with Crippen molar-refractivity contribution in [2.45, 2.75) is 5.92 Å². The lowest BCUT2D eigenvalue weighted by atomic mass is 10.1. The number of halogens is 1. The minimum atomic E-state index is 0. The van der Waals surface area contributed by atoms with Crippen LogP contribution in [0.3, 0.4) is 0 Å². The van der Waals surface area contributed by atoms with Gasteiger partial charge in [-0.2, -0.15) is 0 Å². The average Bonchev–Trinajstić information content (AvgIpc) is 2.58. The third-order valence-corrected chi connectivity index (χ3v) is 1.85. The van der Waals surface area contributed by atoms with Gasteiger partial charge in [0.2, 0.25) is 0 Å². The first-order valence-electron chi connectivity index (χ1n) is 3.78. The van der Waals surface area contributed by atoms with E-state index in [-0.39, 0.29) is 12.4 Å². The van der Waals surface area contributed by atoms with Crippen LogP contribution in [0, 0.1) is 0 Å². The molecule has 0 aromatic carbocycles. The largest absolute Gasteiger partial charge is 0.390 e. The molecule has 1 aromatic heterocycles. The van der Waals surface area contributed by atoms with Crippen LogP contribution < -0.4 is 5.32 Å². The highest BCUT2D eigenvalue weighted by Gasteiger charge is 2.10. The van der Waals surface area contributed by atoms with Gasteiger partial charge in [-0.15, -0.1) is 12.4 Å². The van der Waals surface area contributed by atoms with Gasteiger partial charge >= 0.3 is 0 Å². The van der Waals surface area contributed by atoms with Gasteiger partial charge in [0.05, 0.1) is 0 Å². The zero-order valence-corrected chi connectivity index (χ0v) is 7.42. The Bertz CT molecular complexity index is 258. The second kappa shape index (κ2) is 4.12. The molecule has 1 aromatic rings. The Labute approximate surface area is 78.1 Å². The molecule has 2 nitrogen and oxygen atoms in total. The average molecular weight is 183 g/mol. The fourth-order valence-electron chi connectivity index (χ4n) is 1.25. The highest BCUT2D eigenvalue weighted by Crippen LogP contribution is 2.15. The molecular weight excluding hydrogens is 172 g/mol. The number of pyridine rings is 1. The van der Waals surface area contributed by atoms with Crippen LogP contribution in [0.4, 0.5) is 0 Å². The van der Waals surface area contributed by atoms with E-state index in [2.05, 4.69) is 22.4 Å². The van der Waals surface area contributed by atoms with Crippen molar-refractivity contribution in [2.24, 2.45) is 0 Å². The quantitative estimate of drug-likeness (QED) is 0.715.